The Bertz CT molecular complexity index is 530. The summed E-state index contributed by atoms with van der Waals surface area (Å²) in [5.41, 5.74) is -1.61. The Balaban J connectivity index is 2.16. The van der Waals surface area contributed by atoms with E-state index in [-0.39, 0.29) is 17.5 Å². The molecule has 7 heteroatoms. The third kappa shape index (κ3) is 3.72. The molecule has 1 aliphatic heterocycles. The first-order valence-corrected chi connectivity index (χ1v) is 6.67. The van der Waals surface area contributed by atoms with Gasteiger partial charge in [0.25, 0.3) is 5.91 Å². The van der Waals surface area contributed by atoms with Gasteiger partial charge in [-0.15, -0.1) is 0 Å². The van der Waals surface area contributed by atoms with Gasteiger partial charge in [0, 0.05) is 11.6 Å². The monoisotopic (exact) mass is 304 g/mol. The maximum absolute atomic E-state index is 13.2. The molecule has 0 bridgehead atoms. The lowest BCUT2D eigenvalue weighted by Crippen LogP contribution is -2.48. The number of nitrogens with one attached hydrogen (secondary N) is 2. The van der Waals surface area contributed by atoms with E-state index in [0.29, 0.717) is 18.6 Å². The third-order valence-electron chi connectivity index (χ3n) is 3.64. The molecule has 0 saturated carbocycles. The van der Waals surface area contributed by atoms with Gasteiger partial charge in [-0.1, -0.05) is 6.92 Å². The number of piperidine rings is 1. The van der Waals surface area contributed by atoms with Crippen LogP contribution in [0.25, 0.3) is 0 Å². The van der Waals surface area contributed by atoms with Gasteiger partial charge in [0.2, 0.25) is 0 Å². The van der Waals surface area contributed by atoms with Crippen LogP contribution in [0.2, 0.25) is 0 Å². The summed E-state index contributed by atoms with van der Waals surface area (Å²) in [5, 5.41) is 5.88. The molecule has 2 rings (SSSR count). The minimum atomic E-state index is -4.82. The molecule has 1 aromatic carbocycles. The highest BCUT2D eigenvalue weighted by atomic mass is 19.4. The summed E-state index contributed by atoms with van der Waals surface area (Å²) >= 11 is 0. The minimum absolute atomic E-state index is 0.0989. The predicted molar refractivity (Wildman–Crippen MR) is 69.3 cm³/mol. The number of carbonyl (C=O) groups is 1. The normalized spacial score (nSPS) is 22.9. The van der Waals surface area contributed by atoms with Gasteiger partial charge >= 0.3 is 6.18 Å². The maximum Gasteiger partial charge on any atom is 0.419 e. The second kappa shape index (κ2) is 6.01. The zero-order valence-corrected chi connectivity index (χ0v) is 11.4. The third-order valence-corrected chi connectivity index (χ3v) is 3.64. The highest BCUT2D eigenvalue weighted by Crippen LogP contribution is 2.31. The molecule has 1 aliphatic rings. The molecule has 21 heavy (non-hydrogen) atoms. The van der Waals surface area contributed by atoms with Crippen molar-refractivity contribution in [2.75, 3.05) is 13.1 Å². The molecular weight excluding hydrogens is 288 g/mol. The number of hydrogen-bond donors (Lipinski definition) is 2. The zero-order chi connectivity index (χ0) is 15.6. The Morgan fingerprint density at radius 1 is 1.38 bits per heavy atom. The van der Waals surface area contributed by atoms with Crippen molar-refractivity contribution >= 4 is 5.91 Å². The Labute approximate surface area is 119 Å². The summed E-state index contributed by atoms with van der Waals surface area (Å²) in [7, 11) is 0. The van der Waals surface area contributed by atoms with Crippen molar-refractivity contribution in [3.63, 3.8) is 0 Å². The van der Waals surface area contributed by atoms with Gasteiger partial charge in [-0.3, -0.25) is 4.79 Å². The van der Waals surface area contributed by atoms with Gasteiger partial charge < -0.3 is 10.6 Å². The smallest absolute Gasteiger partial charge is 0.349 e. The standard InChI is InChI=1S/C14H16F4N2O/c1-8-7-19-5-4-12(8)20-13(21)9-2-3-11(15)10(6-9)14(16,17)18/h2-3,6,8,12,19H,4-5,7H2,1H3,(H,20,21). The molecule has 1 amide bonds. The van der Waals surface area contributed by atoms with Crippen LogP contribution >= 0.6 is 0 Å². The molecule has 1 heterocycles. The quantitative estimate of drug-likeness (QED) is 0.825. The fraction of sp³-hybridized carbons (Fsp3) is 0.500. The van der Waals surface area contributed by atoms with Crippen molar-refractivity contribution in [3.05, 3.63) is 35.1 Å². The Hall–Kier alpha value is -1.63. The van der Waals surface area contributed by atoms with Gasteiger partial charge in [0.15, 0.2) is 0 Å². The summed E-state index contributed by atoms with van der Waals surface area (Å²) < 4.78 is 51.1. The molecule has 3 nitrogen and oxygen atoms in total. The van der Waals surface area contributed by atoms with E-state index in [4.69, 9.17) is 0 Å². The second-order valence-electron chi connectivity index (χ2n) is 5.24. The molecule has 0 radical (unpaired) electrons. The van der Waals surface area contributed by atoms with Gasteiger partial charge in [0.05, 0.1) is 5.56 Å². The first kappa shape index (κ1) is 15.8. The Kier molecular flexibility index (Phi) is 4.51. The van der Waals surface area contributed by atoms with E-state index in [1.807, 2.05) is 6.92 Å². The fourth-order valence-corrected chi connectivity index (χ4v) is 2.36. The molecular formula is C14H16F4N2O. The number of halogens is 4. The lowest BCUT2D eigenvalue weighted by atomic mass is 9.95. The van der Waals surface area contributed by atoms with Crippen LogP contribution in [-0.4, -0.2) is 25.0 Å². The molecule has 1 fully saturated rings. The molecule has 0 aliphatic carbocycles. The van der Waals surface area contributed by atoms with Crippen molar-refractivity contribution in [2.45, 2.75) is 25.6 Å². The molecule has 1 aromatic rings. The fourth-order valence-electron chi connectivity index (χ4n) is 2.36. The van der Waals surface area contributed by atoms with E-state index in [1.165, 1.54) is 0 Å². The van der Waals surface area contributed by atoms with E-state index >= 15 is 0 Å². The highest BCUT2D eigenvalue weighted by molar-refractivity contribution is 5.94. The number of hydrogen-bond acceptors (Lipinski definition) is 2. The van der Waals surface area contributed by atoms with Crippen LogP contribution in [0.1, 0.15) is 29.3 Å². The minimum Gasteiger partial charge on any atom is -0.349 e. The Morgan fingerprint density at radius 2 is 2.10 bits per heavy atom. The average Bonchev–Trinajstić information content (AvgIpc) is 2.40. The van der Waals surface area contributed by atoms with E-state index in [1.54, 1.807) is 0 Å². The van der Waals surface area contributed by atoms with Crippen LogP contribution < -0.4 is 10.6 Å². The van der Waals surface area contributed by atoms with Crippen LogP contribution in [0.5, 0.6) is 0 Å². The highest BCUT2D eigenvalue weighted by Gasteiger charge is 2.35. The number of alkyl halides is 3. The van der Waals surface area contributed by atoms with E-state index in [9.17, 15) is 22.4 Å². The van der Waals surface area contributed by atoms with Crippen LogP contribution in [-0.2, 0) is 6.18 Å². The SMILES string of the molecule is CC1CNCCC1NC(=O)c1ccc(F)c(C(F)(F)F)c1. The van der Waals surface area contributed by atoms with Gasteiger partial charge in [-0.05, 0) is 43.6 Å². The first-order valence-electron chi connectivity index (χ1n) is 6.67. The van der Waals surface area contributed by atoms with Crippen molar-refractivity contribution in [1.29, 1.82) is 0 Å². The molecule has 116 valence electrons. The van der Waals surface area contributed by atoms with E-state index < -0.39 is 23.5 Å². The van der Waals surface area contributed by atoms with E-state index in [2.05, 4.69) is 10.6 Å². The van der Waals surface area contributed by atoms with Crippen LogP contribution in [0.15, 0.2) is 18.2 Å². The van der Waals surface area contributed by atoms with E-state index in [0.717, 1.165) is 19.2 Å². The van der Waals surface area contributed by atoms with Gasteiger partial charge in [-0.2, -0.15) is 13.2 Å². The largest absolute Gasteiger partial charge is 0.419 e. The molecule has 1 saturated heterocycles. The summed E-state index contributed by atoms with van der Waals surface area (Å²) in [6.07, 6.45) is -4.11. The van der Waals surface area contributed by atoms with Crippen LogP contribution in [0, 0.1) is 11.7 Å². The van der Waals surface area contributed by atoms with Gasteiger partial charge in [0.1, 0.15) is 5.82 Å². The van der Waals surface area contributed by atoms with Crippen LogP contribution in [0.4, 0.5) is 17.6 Å². The molecule has 2 unspecified atom stereocenters. The second-order valence-corrected chi connectivity index (χ2v) is 5.24. The number of amides is 1. The van der Waals surface area contributed by atoms with Crippen molar-refractivity contribution in [3.8, 4) is 0 Å². The molecule has 0 spiro atoms. The lowest BCUT2D eigenvalue weighted by molar-refractivity contribution is -0.140. The summed E-state index contributed by atoms with van der Waals surface area (Å²) in [6.45, 7) is 3.43. The molecule has 0 aromatic heterocycles. The van der Waals surface area contributed by atoms with Gasteiger partial charge in [-0.25, -0.2) is 4.39 Å². The Morgan fingerprint density at radius 3 is 2.71 bits per heavy atom. The van der Waals surface area contributed by atoms with Crippen molar-refractivity contribution in [1.82, 2.24) is 10.6 Å². The average molecular weight is 304 g/mol. The first-order chi connectivity index (χ1) is 9.79. The number of rotatable bonds is 2. The zero-order valence-electron chi connectivity index (χ0n) is 11.4. The summed E-state index contributed by atoms with van der Waals surface area (Å²) in [6, 6.07) is 2.18. The maximum atomic E-state index is 13.2. The molecule has 2 N–H and O–H groups in total. The lowest BCUT2D eigenvalue weighted by Gasteiger charge is -2.30. The number of carbonyl (C=O) groups excluding carboxylic acids is 1. The summed E-state index contributed by atoms with van der Waals surface area (Å²) in [5.74, 6) is -1.81. The topological polar surface area (TPSA) is 41.1 Å². The predicted octanol–water partition coefficient (Wildman–Crippen LogP) is 2.57. The van der Waals surface area contributed by atoms with Crippen molar-refractivity contribution in [2.24, 2.45) is 5.92 Å². The molecule has 2 atom stereocenters. The number of benzene rings is 1. The van der Waals surface area contributed by atoms with Crippen molar-refractivity contribution < 1.29 is 22.4 Å². The van der Waals surface area contributed by atoms with Crippen LogP contribution in [0.3, 0.4) is 0 Å². The summed E-state index contributed by atoms with van der Waals surface area (Å²) in [4.78, 5) is 12.0.